The predicted octanol–water partition coefficient (Wildman–Crippen LogP) is 4.08. The van der Waals surface area contributed by atoms with Gasteiger partial charge in [0.25, 0.3) is 5.91 Å². The average Bonchev–Trinajstić information content (AvgIpc) is 2.41. The zero-order valence-corrected chi connectivity index (χ0v) is 15.1. The molecule has 0 fully saturated rings. The lowest BCUT2D eigenvalue weighted by atomic mass is 10.1. The quantitative estimate of drug-likeness (QED) is 0.516. The molecule has 2 aromatic rings. The van der Waals surface area contributed by atoms with Gasteiger partial charge < -0.3 is 11.1 Å². The molecule has 0 aliphatic heterocycles. The number of thiocarbonyl (C=S) groups is 1. The second kappa shape index (κ2) is 6.80. The van der Waals surface area contributed by atoms with Crippen molar-refractivity contribution < 1.29 is 9.18 Å². The SMILES string of the molecule is NC(=S)c1c(F)cccc1NC(=O)c1cc(I)ccc1Br. The summed E-state index contributed by atoms with van der Waals surface area (Å²) in [6.45, 7) is 0. The maximum Gasteiger partial charge on any atom is 0.256 e. The van der Waals surface area contributed by atoms with Gasteiger partial charge in [0.1, 0.15) is 10.8 Å². The Bertz CT molecular complexity index is 739. The summed E-state index contributed by atoms with van der Waals surface area (Å²) in [7, 11) is 0. The van der Waals surface area contributed by atoms with Crippen LogP contribution in [0.1, 0.15) is 15.9 Å². The summed E-state index contributed by atoms with van der Waals surface area (Å²) < 4.78 is 15.3. The normalized spacial score (nSPS) is 10.2. The van der Waals surface area contributed by atoms with Crippen molar-refractivity contribution in [1.82, 2.24) is 0 Å². The number of anilines is 1. The summed E-state index contributed by atoms with van der Waals surface area (Å²) in [5.41, 5.74) is 6.24. The lowest BCUT2D eigenvalue weighted by Gasteiger charge is -2.12. The molecule has 0 aromatic heterocycles. The zero-order chi connectivity index (χ0) is 15.6. The van der Waals surface area contributed by atoms with Crippen molar-refractivity contribution >= 4 is 67.3 Å². The van der Waals surface area contributed by atoms with Crippen LogP contribution in [0.15, 0.2) is 40.9 Å². The lowest BCUT2D eigenvalue weighted by Crippen LogP contribution is -2.19. The number of hydrogen-bond donors (Lipinski definition) is 2. The number of carbonyl (C=O) groups is 1. The van der Waals surface area contributed by atoms with Crippen LogP contribution in [0.3, 0.4) is 0 Å². The summed E-state index contributed by atoms with van der Waals surface area (Å²) in [6.07, 6.45) is 0. The number of nitrogens with one attached hydrogen (secondary N) is 1. The Morgan fingerprint density at radius 1 is 1.33 bits per heavy atom. The third-order valence-electron chi connectivity index (χ3n) is 2.68. The Morgan fingerprint density at radius 2 is 2.05 bits per heavy atom. The van der Waals surface area contributed by atoms with Crippen molar-refractivity contribution in [3.63, 3.8) is 0 Å². The van der Waals surface area contributed by atoms with Crippen LogP contribution in [0.5, 0.6) is 0 Å². The predicted molar refractivity (Wildman–Crippen MR) is 97.1 cm³/mol. The molecule has 108 valence electrons. The molecule has 3 N–H and O–H groups in total. The summed E-state index contributed by atoms with van der Waals surface area (Å²) >= 11 is 10.3. The van der Waals surface area contributed by atoms with Gasteiger partial charge in [0.05, 0.1) is 16.8 Å². The first-order valence-electron chi connectivity index (χ1n) is 5.75. The molecule has 0 aliphatic carbocycles. The van der Waals surface area contributed by atoms with E-state index in [-0.39, 0.29) is 22.1 Å². The molecule has 0 spiro atoms. The summed E-state index contributed by atoms with van der Waals surface area (Å²) in [6, 6.07) is 9.64. The van der Waals surface area contributed by atoms with E-state index < -0.39 is 5.82 Å². The van der Waals surface area contributed by atoms with Gasteiger partial charge in [-0.25, -0.2) is 4.39 Å². The second-order valence-electron chi connectivity index (χ2n) is 4.10. The molecule has 1 amide bonds. The van der Waals surface area contributed by atoms with Gasteiger partial charge in [-0.1, -0.05) is 18.3 Å². The van der Waals surface area contributed by atoms with E-state index >= 15 is 0 Å². The third-order valence-corrected chi connectivity index (χ3v) is 4.25. The van der Waals surface area contributed by atoms with Crippen molar-refractivity contribution in [2.45, 2.75) is 0 Å². The maximum absolute atomic E-state index is 13.8. The molecule has 3 nitrogen and oxygen atoms in total. The molecule has 7 heteroatoms. The molecular formula is C14H9BrFIN2OS. The third kappa shape index (κ3) is 3.78. The first-order valence-corrected chi connectivity index (χ1v) is 8.03. The Hall–Kier alpha value is -1.06. The molecule has 2 aromatic carbocycles. The molecule has 0 saturated carbocycles. The number of hydrogen-bond acceptors (Lipinski definition) is 2. The van der Waals surface area contributed by atoms with E-state index in [1.807, 2.05) is 6.07 Å². The van der Waals surface area contributed by atoms with Crippen LogP contribution >= 0.6 is 50.7 Å². The summed E-state index contributed by atoms with van der Waals surface area (Å²) in [5.74, 6) is -0.939. The van der Waals surface area contributed by atoms with Gasteiger partial charge in [0, 0.05) is 8.04 Å². The first-order chi connectivity index (χ1) is 9.90. The van der Waals surface area contributed by atoms with E-state index in [0.29, 0.717) is 10.0 Å². The fraction of sp³-hybridized carbons (Fsp3) is 0. The van der Waals surface area contributed by atoms with Gasteiger partial charge in [-0.2, -0.15) is 0 Å². The van der Waals surface area contributed by atoms with Crippen molar-refractivity contribution in [3.05, 3.63) is 61.4 Å². The second-order valence-corrected chi connectivity index (χ2v) is 6.64. The molecule has 2 rings (SSSR count). The monoisotopic (exact) mass is 478 g/mol. The van der Waals surface area contributed by atoms with Crippen LogP contribution in [0.2, 0.25) is 0 Å². The standard InChI is InChI=1S/C14H9BrFIN2OS/c15-9-5-4-7(17)6-8(9)14(20)19-11-3-1-2-10(16)12(11)13(18)21/h1-6H,(H2,18,21)(H,19,20). The van der Waals surface area contributed by atoms with E-state index in [1.54, 1.807) is 18.2 Å². The molecule has 0 unspecified atom stereocenters. The van der Waals surface area contributed by atoms with Crippen LogP contribution in [-0.2, 0) is 0 Å². The molecule has 0 aliphatic rings. The number of benzene rings is 2. The number of nitrogens with two attached hydrogens (primary N) is 1. The summed E-state index contributed by atoms with van der Waals surface area (Å²) in [5, 5.41) is 2.64. The fourth-order valence-electron chi connectivity index (χ4n) is 1.74. The van der Waals surface area contributed by atoms with Gasteiger partial charge in [-0.3, -0.25) is 4.79 Å². The van der Waals surface area contributed by atoms with Crippen LogP contribution in [0.25, 0.3) is 0 Å². The van der Waals surface area contributed by atoms with Crippen LogP contribution in [-0.4, -0.2) is 10.9 Å². The smallest absolute Gasteiger partial charge is 0.256 e. The maximum atomic E-state index is 13.8. The summed E-state index contributed by atoms with van der Waals surface area (Å²) in [4.78, 5) is 12.2. The van der Waals surface area contributed by atoms with E-state index in [4.69, 9.17) is 18.0 Å². The number of carbonyl (C=O) groups excluding carboxylic acids is 1. The molecule has 0 radical (unpaired) electrons. The van der Waals surface area contributed by atoms with Gasteiger partial charge in [-0.05, 0) is 68.9 Å². The van der Waals surface area contributed by atoms with Gasteiger partial charge >= 0.3 is 0 Å². The minimum atomic E-state index is -0.568. The van der Waals surface area contributed by atoms with Crippen molar-refractivity contribution in [1.29, 1.82) is 0 Å². The lowest BCUT2D eigenvalue weighted by molar-refractivity contribution is 0.102. The zero-order valence-electron chi connectivity index (χ0n) is 10.5. The van der Waals surface area contributed by atoms with Crippen molar-refractivity contribution in [2.75, 3.05) is 5.32 Å². The minimum Gasteiger partial charge on any atom is -0.389 e. The molecule has 0 atom stereocenters. The number of amides is 1. The highest BCUT2D eigenvalue weighted by atomic mass is 127. The average molecular weight is 479 g/mol. The highest BCUT2D eigenvalue weighted by Crippen LogP contribution is 2.23. The highest BCUT2D eigenvalue weighted by molar-refractivity contribution is 14.1. The van der Waals surface area contributed by atoms with Crippen molar-refractivity contribution in [2.24, 2.45) is 5.73 Å². The molecular weight excluding hydrogens is 470 g/mol. The molecule has 0 bridgehead atoms. The van der Waals surface area contributed by atoms with E-state index in [0.717, 1.165) is 3.57 Å². The van der Waals surface area contributed by atoms with Gasteiger partial charge in [0.15, 0.2) is 0 Å². The fourth-order valence-corrected chi connectivity index (χ4v) is 2.87. The Morgan fingerprint density at radius 3 is 2.71 bits per heavy atom. The van der Waals surface area contributed by atoms with E-state index in [9.17, 15) is 9.18 Å². The van der Waals surface area contributed by atoms with Crippen LogP contribution in [0, 0.1) is 9.39 Å². The highest BCUT2D eigenvalue weighted by Gasteiger charge is 2.16. The molecule has 21 heavy (non-hydrogen) atoms. The van der Waals surface area contributed by atoms with Gasteiger partial charge in [-0.15, -0.1) is 0 Å². The topological polar surface area (TPSA) is 55.1 Å². The van der Waals surface area contributed by atoms with Crippen LogP contribution in [0.4, 0.5) is 10.1 Å². The van der Waals surface area contributed by atoms with Crippen molar-refractivity contribution in [3.8, 4) is 0 Å². The minimum absolute atomic E-state index is 0.0302. The van der Waals surface area contributed by atoms with E-state index in [1.165, 1.54) is 12.1 Å². The van der Waals surface area contributed by atoms with E-state index in [2.05, 4.69) is 43.8 Å². The Balaban J connectivity index is 2.39. The molecule has 0 saturated heterocycles. The number of rotatable bonds is 3. The largest absolute Gasteiger partial charge is 0.389 e. The number of halogens is 3. The van der Waals surface area contributed by atoms with Crippen LogP contribution < -0.4 is 11.1 Å². The Labute approximate surface area is 148 Å². The Kier molecular flexibility index (Phi) is 5.28. The van der Waals surface area contributed by atoms with Gasteiger partial charge in [0.2, 0.25) is 0 Å². The first kappa shape index (κ1) is 16.3. The molecule has 0 heterocycles.